The second-order valence-corrected chi connectivity index (χ2v) is 6.38. The van der Waals surface area contributed by atoms with Crippen LogP contribution in [0.5, 0.6) is 0 Å². The van der Waals surface area contributed by atoms with Crippen molar-refractivity contribution in [3.05, 3.63) is 51.8 Å². The van der Waals surface area contributed by atoms with Gasteiger partial charge in [0.25, 0.3) is 0 Å². The molecule has 3 rings (SSSR count). The van der Waals surface area contributed by atoms with Crippen molar-refractivity contribution in [3.63, 3.8) is 0 Å². The topological polar surface area (TPSA) is 43.8 Å². The molecule has 4 heteroatoms. The first-order valence-corrected chi connectivity index (χ1v) is 8.02. The molecule has 2 aromatic rings. The largest absolute Gasteiger partial charge is 0.321 e. The van der Waals surface area contributed by atoms with Gasteiger partial charge in [0.2, 0.25) is 0 Å². The number of hydrogen-bond donors (Lipinski definition) is 1. The van der Waals surface area contributed by atoms with E-state index in [0.29, 0.717) is 0 Å². The van der Waals surface area contributed by atoms with E-state index in [2.05, 4.69) is 36.3 Å². The number of nitrogens with zero attached hydrogens (tertiary/aromatic N) is 2. The van der Waals surface area contributed by atoms with Crippen molar-refractivity contribution in [2.45, 2.75) is 51.6 Å². The van der Waals surface area contributed by atoms with Crippen LogP contribution in [0.4, 0.5) is 0 Å². The first-order chi connectivity index (χ1) is 10.0. The molecule has 2 N–H and O–H groups in total. The Bertz CT molecular complexity index is 662. The highest BCUT2D eigenvalue weighted by atomic mass is 35.5. The number of hydrogen-bond acceptors (Lipinski definition) is 2. The van der Waals surface area contributed by atoms with Crippen LogP contribution in [0.3, 0.4) is 0 Å². The van der Waals surface area contributed by atoms with E-state index >= 15 is 0 Å². The zero-order chi connectivity index (χ0) is 15.0. The number of aromatic nitrogens is 2. The quantitative estimate of drug-likeness (QED) is 0.941. The van der Waals surface area contributed by atoms with Crippen molar-refractivity contribution in [3.8, 4) is 0 Å². The van der Waals surface area contributed by atoms with Crippen LogP contribution in [0.2, 0.25) is 5.02 Å². The summed E-state index contributed by atoms with van der Waals surface area (Å²) < 4.78 is 1.99. The van der Waals surface area contributed by atoms with E-state index in [1.807, 2.05) is 11.6 Å². The third-order valence-electron chi connectivity index (χ3n) is 4.56. The summed E-state index contributed by atoms with van der Waals surface area (Å²) in [7, 11) is 0. The van der Waals surface area contributed by atoms with E-state index in [0.717, 1.165) is 48.6 Å². The molecule has 0 radical (unpaired) electrons. The predicted molar refractivity (Wildman–Crippen MR) is 86.6 cm³/mol. The van der Waals surface area contributed by atoms with E-state index in [9.17, 15) is 0 Å². The fourth-order valence-electron chi connectivity index (χ4n) is 3.47. The normalized spacial score (nSPS) is 21.3. The highest BCUT2D eigenvalue weighted by Crippen LogP contribution is 2.37. The van der Waals surface area contributed by atoms with Gasteiger partial charge in [-0.3, -0.25) is 4.68 Å². The molecule has 1 atom stereocenters. The molecule has 1 unspecified atom stereocenters. The number of fused-ring (bicyclic) bond motifs is 1. The van der Waals surface area contributed by atoms with Gasteiger partial charge in [0.05, 0.1) is 16.4 Å². The van der Waals surface area contributed by atoms with Crippen LogP contribution in [0.1, 0.15) is 42.3 Å². The molecule has 112 valence electrons. The lowest BCUT2D eigenvalue weighted by atomic mass is 9.74. The van der Waals surface area contributed by atoms with Crippen molar-refractivity contribution >= 4 is 11.6 Å². The Kier molecular flexibility index (Phi) is 3.80. The highest BCUT2D eigenvalue weighted by molar-refractivity contribution is 6.31. The maximum Gasteiger partial charge on any atom is 0.0847 e. The molecule has 0 saturated carbocycles. The number of rotatable bonds is 3. The van der Waals surface area contributed by atoms with Gasteiger partial charge in [-0.15, -0.1) is 0 Å². The third kappa shape index (κ3) is 2.49. The average molecular weight is 304 g/mol. The molecule has 0 amide bonds. The molecule has 0 aliphatic heterocycles. The molecule has 0 bridgehead atoms. The summed E-state index contributed by atoms with van der Waals surface area (Å²) >= 11 is 6.46. The average Bonchev–Trinajstić information content (AvgIpc) is 2.75. The standard InChI is InChI=1S/C17H22ClN3/c1-3-21-15(16(18)12(2)20-21)11-17(19)10-6-8-13-7-4-5-9-14(13)17/h4-5,7,9H,3,6,8,10-11,19H2,1-2H3. The van der Waals surface area contributed by atoms with Crippen LogP contribution in [-0.4, -0.2) is 9.78 Å². The van der Waals surface area contributed by atoms with Crippen LogP contribution < -0.4 is 5.73 Å². The number of halogens is 1. The minimum absolute atomic E-state index is 0.335. The van der Waals surface area contributed by atoms with Crippen LogP contribution in [0.25, 0.3) is 0 Å². The molecular formula is C17H22ClN3. The van der Waals surface area contributed by atoms with Gasteiger partial charge < -0.3 is 5.73 Å². The highest BCUT2D eigenvalue weighted by Gasteiger charge is 2.34. The van der Waals surface area contributed by atoms with Gasteiger partial charge in [-0.25, -0.2) is 0 Å². The Balaban J connectivity index is 2.02. The molecule has 21 heavy (non-hydrogen) atoms. The monoisotopic (exact) mass is 303 g/mol. The summed E-state index contributed by atoms with van der Waals surface area (Å²) in [5.74, 6) is 0. The van der Waals surface area contributed by atoms with Gasteiger partial charge >= 0.3 is 0 Å². The minimum Gasteiger partial charge on any atom is -0.321 e. The lowest BCUT2D eigenvalue weighted by Crippen LogP contribution is -2.42. The molecule has 1 heterocycles. The van der Waals surface area contributed by atoms with Crippen molar-refractivity contribution in [2.24, 2.45) is 5.73 Å². The maximum absolute atomic E-state index is 6.80. The second-order valence-electron chi connectivity index (χ2n) is 6.01. The predicted octanol–water partition coefficient (Wildman–Crippen LogP) is 3.60. The van der Waals surface area contributed by atoms with Crippen LogP contribution in [-0.2, 0) is 24.9 Å². The molecular weight excluding hydrogens is 282 g/mol. The van der Waals surface area contributed by atoms with Crippen LogP contribution in [0, 0.1) is 6.92 Å². The van der Waals surface area contributed by atoms with E-state index in [-0.39, 0.29) is 5.54 Å². The van der Waals surface area contributed by atoms with E-state index < -0.39 is 0 Å². The smallest absolute Gasteiger partial charge is 0.0847 e. The summed E-state index contributed by atoms with van der Waals surface area (Å²) in [6.07, 6.45) is 3.99. The zero-order valence-corrected chi connectivity index (χ0v) is 13.5. The molecule has 0 fully saturated rings. The molecule has 1 aliphatic carbocycles. The summed E-state index contributed by atoms with van der Waals surface area (Å²) in [5.41, 5.74) is 11.1. The first kappa shape index (κ1) is 14.6. The Morgan fingerprint density at radius 2 is 2.14 bits per heavy atom. The van der Waals surface area contributed by atoms with Crippen molar-refractivity contribution in [1.29, 1.82) is 0 Å². The maximum atomic E-state index is 6.80. The Hall–Kier alpha value is -1.32. The first-order valence-electron chi connectivity index (χ1n) is 7.64. The Morgan fingerprint density at radius 1 is 1.38 bits per heavy atom. The van der Waals surface area contributed by atoms with Gasteiger partial charge in [0.1, 0.15) is 0 Å². The van der Waals surface area contributed by atoms with E-state index in [4.69, 9.17) is 17.3 Å². The van der Waals surface area contributed by atoms with Crippen LogP contribution >= 0.6 is 11.6 Å². The molecule has 0 spiro atoms. The van der Waals surface area contributed by atoms with Gasteiger partial charge in [-0.05, 0) is 44.2 Å². The molecule has 1 aliphatic rings. The second kappa shape index (κ2) is 5.47. The van der Waals surface area contributed by atoms with E-state index in [1.54, 1.807) is 0 Å². The summed E-state index contributed by atoms with van der Waals surface area (Å²) in [6, 6.07) is 8.54. The molecule has 1 aromatic heterocycles. The summed E-state index contributed by atoms with van der Waals surface area (Å²) in [4.78, 5) is 0. The van der Waals surface area contributed by atoms with Gasteiger partial charge in [0.15, 0.2) is 0 Å². The molecule has 0 saturated heterocycles. The number of benzene rings is 1. The summed E-state index contributed by atoms with van der Waals surface area (Å²) in [6.45, 7) is 4.86. The molecule has 3 nitrogen and oxygen atoms in total. The lowest BCUT2D eigenvalue weighted by molar-refractivity contribution is 0.359. The minimum atomic E-state index is -0.335. The number of aryl methyl sites for hydroxylation is 3. The summed E-state index contributed by atoms with van der Waals surface area (Å²) in [5, 5.41) is 5.28. The Labute approximate surface area is 131 Å². The fourth-order valence-corrected chi connectivity index (χ4v) is 3.68. The van der Waals surface area contributed by atoms with Gasteiger partial charge in [0, 0.05) is 18.5 Å². The Morgan fingerprint density at radius 3 is 2.90 bits per heavy atom. The lowest BCUT2D eigenvalue weighted by Gasteiger charge is -2.36. The van der Waals surface area contributed by atoms with E-state index in [1.165, 1.54) is 11.1 Å². The van der Waals surface area contributed by atoms with Crippen LogP contribution in [0.15, 0.2) is 24.3 Å². The molecule has 1 aromatic carbocycles. The number of nitrogens with two attached hydrogens (primary N) is 1. The van der Waals surface area contributed by atoms with Crippen molar-refractivity contribution in [1.82, 2.24) is 9.78 Å². The zero-order valence-electron chi connectivity index (χ0n) is 12.7. The van der Waals surface area contributed by atoms with Gasteiger partial charge in [-0.2, -0.15) is 5.10 Å². The SMILES string of the molecule is CCn1nc(C)c(Cl)c1CC1(N)CCCc2ccccc21. The van der Waals surface area contributed by atoms with Crippen molar-refractivity contribution in [2.75, 3.05) is 0 Å². The van der Waals surface area contributed by atoms with Crippen molar-refractivity contribution < 1.29 is 0 Å². The fraction of sp³-hybridized carbons (Fsp3) is 0.471. The third-order valence-corrected chi connectivity index (χ3v) is 5.05. The van der Waals surface area contributed by atoms with Gasteiger partial charge in [-0.1, -0.05) is 35.9 Å².